The molecule has 12 heteroatoms. The van der Waals surface area contributed by atoms with E-state index in [1.807, 2.05) is 4.90 Å². The average Bonchev–Trinajstić information content (AvgIpc) is 3.24. The van der Waals surface area contributed by atoms with Crippen molar-refractivity contribution >= 4 is 28.5 Å². The van der Waals surface area contributed by atoms with Crippen molar-refractivity contribution in [1.82, 2.24) is 30.1 Å². The largest absolute Gasteiger partial charge is 0.465 e. The van der Waals surface area contributed by atoms with E-state index < -0.39 is 12.1 Å². The molecule has 0 saturated carbocycles. The second-order valence-corrected chi connectivity index (χ2v) is 6.22. The summed E-state index contributed by atoms with van der Waals surface area (Å²) in [4.78, 5) is 32.0. The lowest BCUT2D eigenvalue weighted by atomic mass is 10.3. The molecule has 134 valence electrons. The summed E-state index contributed by atoms with van der Waals surface area (Å²) >= 11 is 1.40. The van der Waals surface area contributed by atoms with Gasteiger partial charge in [-0.25, -0.2) is 14.6 Å². The molecule has 1 amide bonds. The maximum atomic E-state index is 11.4. The molecule has 1 saturated heterocycles. The number of carboxylic acid groups (broad SMARTS) is 1. The highest BCUT2D eigenvalue weighted by atomic mass is 32.1. The third-order valence-corrected chi connectivity index (χ3v) is 4.62. The first-order chi connectivity index (χ1) is 12.1. The molecule has 1 aliphatic heterocycles. The van der Waals surface area contributed by atoms with Crippen molar-refractivity contribution < 1.29 is 19.4 Å². The summed E-state index contributed by atoms with van der Waals surface area (Å²) in [5, 5.41) is 21.7. The number of rotatable bonds is 5. The van der Waals surface area contributed by atoms with Crippen LogP contribution in [-0.2, 0) is 16.1 Å². The van der Waals surface area contributed by atoms with Crippen LogP contribution in [-0.4, -0.2) is 80.0 Å². The Morgan fingerprint density at radius 1 is 1.32 bits per heavy atom. The van der Waals surface area contributed by atoms with Crippen LogP contribution < -0.4 is 4.90 Å². The molecule has 3 heterocycles. The van der Waals surface area contributed by atoms with Gasteiger partial charge < -0.3 is 19.6 Å². The minimum atomic E-state index is -0.901. The molecule has 1 N–H and O–H groups in total. The lowest BCUT2D eigenvalue weighted by Gasteiger charge is -2.32. The van der Waals surface area contributed by atoms with Crippen molar-refractivity contribution in [3.63, 3.8) is 0 Å². The molecule has 0 aromatic carbocycles. The van der Waals surface area contributed by atoms with E-state index in [1.54, 1.807) is 13.1 Å². The van der Waals surface area contributed by atoms with Gasteiger partial charge in [-0.3, -0.25) is 0 Å². The third-order valence-electron chi connectivity index (χ3n) is 3.56. The zero-order valence-electron chi connectivity index (χ0n) is 13.5. The Bertz CT molecular complexity index is 753. The minimum absolute atomic E-state index is 0.0936. The molecule has 1 aliphatic rings. The van der Waals surface area contributed by atoms with Gasteiger partial charge in [-0.2, -0.15) is 4.80 Å². The fourth-order valence-corrected chi connectivity index (χ4v) is 3.23. The van der Waals surface area contributed by atoms with Crippen LogP contribution in [0.1, 0.15) is 6.92 Å². The van der Waals surface area contributed by atoms with Gasteiger partial charge in [-0.1, -0.05) is 11.3 Å². The number of hydrogen-bond donors (Lipinski definition) is 1. The summed E-state index contributed by atoms with van der Waals surface area (Å²) in [6.07, 6.45) is 0.747. The summed E-state index contributed by atoms with van der Waals surface area (Å²) in [5.74, 6) is -0.0371. The van der Waals surface area contributed by atoms with Crippen LogP contribution in [0.2, 0.25) is 0 Å². The average molecular weight is 367 g/mol. The molecule has 25 heavy (non-hydrogen) atoms. The van der Waals surface area contributed by atoms with Gasteiger partial charge in [0.1, 0.15) is 0 Å². The zero-order chi connectivity index (χ0) is 17.8. The number of hydrogen-bond acceptors (Lipinski definition) is 9. The van der Waals surface area contributed by atoms with Crippen LogP contribution in [0, 0.1) is 0 Å². The van der Waals surface area contributed by atoms with E-state index >= 15 is 0 Å². The lowest BCUT2D eigenvalue weighted by molar-refractivity contribution is -0.144. The van der Waals surface area contributed by atoms with Gasteiger partial charge in [-0.15, -0.1) is 10.2 Å². The second-order valence-electron chi connectivity index (χ2n) is 5.21. The Morgan fingerprint density at radius 3 is 2.76 bits per heavy atom. The highest BCUT2D eigenvalue weighted by molar-refractivity contribution is 7.18. The molecule has 2 aromatic rings. The molecular weight excluding hydrogens is 350 g/mol. The van der Waals surface area contributed by atoms with Crippen LogP contribution in [0.4, 0.5) is 9.93 Å². The summed E-state index contributed by atoms with van der Waals surface area (Å²) in [6, 6.07) is 0. The monoisotopic (exact) mass is 367 g/mol. The molecule has 0 radical (unpaired) electrons. The highest BCUT2D eigenvalue weighted by Crippen LogP contribution is 2.29. The Labute approximate surface area is 146 Å². The number of tetrazole rings is 1. The fourth-order valence-electron chi connectivity index (χ4n) is 2.33. The minimum Gasteiger partial charge on any atom is -0.465 e. The number of amides is 1. The lowest BCUT2D eigenvalue weighted by Crippen LogP contribution is -2.48. The van der Waals surface area contributed by atoms with Gasteiger partial charge in [0.25, 0.3) is 0 Å². The quantitative estimate of drug-likeness (QED) is 0.735. The van der Waals surface area contributed by atoms with Crippen LogP contribution in [0.3, 0.4) is 0 Å². The van der Waals surface area contributed by atoms with Crippen molar-refractivity contribution in [2.45, 2.75) is 13.5 Å². The number of ether oxygens (including phenoxy) is 1. The number of aromatic nitrogens is 5. The molecule has 1 fully saturated rings. The number of carbonyl (C=O) groups excluding carboxylic acids is 1. The predicted molar refractivity (Wildman–Crippen MR) is 87.4 cm³/mol. The predicted octanol–water partition coefficient (Wildman–Crippen LogP) is 0.160. The molecule has 2 aromatic heterocycles. The maximum absolute atomic E-state index is 11.4. The molecule has 11 nitrogen and oxygen atoms in total. The van der Waals surface area contributed by atoms with E-state index in [9.17, 15) is 9.59 Å². The maximum Gasteiger partial charge on any atom is 0.407 e. The van der Waals surface area contributed by atoms with Crippen LogP contribution in [0.5, 0.6) is 0 Å². The number of thiazole rings is 1. The zero-order valence-corrected chi connectivity index (χ0v) is 14.3. The molecule has 0 atom stereocenters. The number of nitrogens with zero attached hydrogens (tertiary/aromatic N) is 7. The Morgan fingerprint density at radius 2 is 2.08 bits per heavy atom. The highest BCUT2D eigenvalue weighted by Gasteiger charge is 2.23. The first-order valence-corrected chi connectivity index (χ1v) is 8.51. The van der Waals surface area contributed by atoms with Gasteiger partial charge in [0.15, 0.2) is 11.7 Å². The van der Waals surface area contributed by atoms with E-state index in [0.717, 1.165) is 10.0 Å². The summed E-state index contributed by atoms with van der Waals surface area (Å²) < 4.78 is 4.84. The van der Waals surface area contributed by atoms with Gasteiger partial charge in [-0.05, 0) is 12.1 Å². The van der Waals surface area contributed by atoms with Gasteiger partial charge in [0.2, 0.25) is 5.82 Å². The summed E-state index contributed by atoms with van der Waals surface area (Å²) in [7, 11) is 0. The van der Waals surface area contributed by atoms with E-state index in [1.165, 1.54) is 21.0 Å². The van der Waals surface area contributed by atoms with Gasteiger partial charge >= 0.3 is 12.1 Å². The van der Waals surface area contributed by atoms with Crippen molar-refractivity contribution in [3.05, 3.63) is 6.20 Å². The first kappa shape index (κ1) is 17.1. The molecule has 0 bridgehead atoms. The number of carbonyl (C=O) groups is 2. The van der Waals surface area contributed by atoms with E-state index in [2.05, 4.69) is 20.4 Å². The standard InChI is InChI=1S/C13H17N7O4S/c1-2-24-10(21)8-20-16-11(15-17-20)9-7-14-12(25-9)18-3-5-19(6-4-18)13(22)23/h7H,2-6,8H2,1H3,(H,22,23). The summed E-state index contributed by atoms with van der Waals surface area (Å²) in [6.45, 7) is 3.99. The Balaban J connectivity index is 1.63. The van der Waals surface area contributed by atoms with E-state index in [4.69, 9.17) is 9.84 Å². The van der Waals surface area contributed by atoms with Crippen molar-refractivity contribution in [2.24, 2.45) is 0 Å². The molecule has 0 unspecified atom stereocenters. The van der Waals surface area contributed by atoms with E-state index in [0.29, 0.717) is 38.6 Å². The van der Waals surface area contributed by atoms with Gasteiger partial charge in [0.05, 0.1) is 17.7 Å². The van der Waals surface area contributed by atoms with Crippen molar-refractivity contribution in [3.8, 4) is 10.7 Å². The topological polar surface area (TPSA) is 127 Å². The molecule has 0 spiro atoms. The SMILES string of the molecule is CCOC(=O)Cn1nnc(-c2cnc(N3CCN(C(=O)O)CC3)s2)n1. The van der Waals surface area contributed by atoms with E-state index in [-0.39, 0.29) is 6.54 Å². The fraction of sp³-hybridized carbons (Fsp3) is 0.538. The Hall–Kier alpha value is -2.76. The normalized spacial score (nSPS) is 14.6. The first-order valence-electron chi connectivity index (χ1n) is 7.69. The smallest absolute Gasteiger partial charge is 0.407 e. The third kappa shape index (κ3) is 4.02. The van der Waals surface area contributed by atoms with Crippen LogP contribution >= 0.6 is 11.3 Å². The molecule has 0 aliphatic carbocycles. The van der Waals surface area contributed by atoms with Crippen LogP contribution in [0.25, 0.3) is 10.7 Å². The van der Waals surface area contributed by atoms with Crippen molar-refractivity contribution in [1.29, 1.82) is 0 Å². The molecule has 3 rings (SSSR count). The second kappa shape index (κ2) is 7.42. The van der Waals surface area contributed by atoms with Gasteiger partial charge in [0, 0.05) is 26.2 Å². The number of anilines is 1. The van der Waals surface area contributed by atoms with Crippen molar-refractivity contribution in [2.75, 3.05) is 37.7 Å². The van der Waals surface area contributed by atoms with Crippen LogP contribution in [0.15, 0.2) is 6.20 Å². The Kier molecular flexibility index (Phi) is 5.07. The molecular formula is C13H17N7O4S. The summed E-state index contributed by atoms with van der Waals surface area (Å²) in [5.41, 5.74) is 0. The number of piperazine rings is 1. The number of esters is 1.